The van der Waals surface area contributed by atoms with Crippen molar-refractivity contribution in [2.24, 2.45) is 5.92 Å². The van der Waals surface area contributed by atoms with Crippen LogP contribution in [0.3, 0.4) is 0 Å². The van der Waals surface area contributed by atoms with E-state index in [2.05, 4.69) is 5.92 Å². The number of hydrogen-bond donors (Lipinski definition) is 0. The number of ether oxygens (including phenoxy) is 1. The lowest BCUT2D eigenvalue weighted by atomic mass is 10.0. The van der Waals surface area contributed by atoms with Crippen LogP contribution in [0.1, 0.15) is 12.8 Å². The van der Waals surface area contributed by atoms with E-state index in [0.29, 0.717) is 19.7 Å². The van der Waals surface area contributed by atoms with Gasteiger partial charge in [-0.1, -0.05) is 5.92 Å². The summed E-state index contributed by atoms with van der Waals surface area (Å²) in [6.07, 6.45) is 7.02. The van der Waals surface area contributed by atoms with Crippen molar-refractivity contribution in [3.8, 4) is 12.3 Å². The molecule has 0 aromatic heterocycles. The van der Waals surface area contributed by atoms with Crippen LogP contribution in [0.4, 0.5) is 0 Å². The molecule has 1 aliphatic rings. The maximum atomic E-state index is 12.1. The minimum atomic E-state index is -3.41. The predicted molar refractivity (Wildman–Crippen MR) is 66.6 cm³/mol. The molecule has 1 unspecified atom stereocenters. The fourth-order valence-electron chi connectivity index (χ4n) is 2.02. The van der Waals surface area contributed by atoms with E-state index in [0.717, 1.165) is 12.8 Å². The predicted octanol–water partition coefficient (Wildman–Crippen LogP) is 0.155. The summed E-state index contributed by atoms with van der Waals surface area (Å²) in [4.78, 5) is 0. The van der Waals surface area contributed by atoms with Gasteiger partial charge < -0.3 is 4.74 Å². The van der Waals surface area contributed by atoms with Crippen LogP contribution in [-0.2, 0) is 14.9 Å². The molecule has 1 aliphatic heterocycles. The first-order valence-corrected chi connectivity index (χ1v) is 7.06. The molecular weight excluding hydrogens is 240 g/mol. The number of nitrogens with zero attached hydrogens (tertiary/aromatic N) is 2. The number of methoxy groups -OCH3 is 1. The quantitative estimate of drug-likeness (QED) is 0.661. The highest BCUT2D eigenvalue weighted by atomic mass is 32.2. The number of rotatable bonds is 5. The van der Waals surface area contributed by atoms with Gasteiger partial charge in [0.25, 0.3) is 10.2 Å². The molecule has 0 aromatic rings. The standard InChI is InChI=1S/C11H20N2O3S/c1-4-7-12(2)17(14,15)13-8-5-6-11(9-13)10-16-3/h1,11H,5-10H2,2-3H3. The molecular formula is C11H20N2O3S. The third-order valence-electron chi connectivity index (χ3n) is 2.92. The van der Waals surface area contributed by atoms with Gasteiger partial charge >= 0.3 is 0 Å². The van der Waals surface area contributed by atoms with Gasteiger partial charge in [0, 0.05) is 27.2 Å². The van der Waals surface area contributed by atoms with E-state index in [4.69, 9.17) is 11.2 Å². The maximum absolute atomic E-state index is 12.1. The highest BCUT2D eigenvalue weighted by Crippen LogP contribution is 2.20. The van der Waals surface area contributed by atoms with Crippen molar-refractivity contribution >= 4 is 10.2 Å². The topological polar surface area (TPSA) is 49.9 Å². The van der Waals surface area contributed by atoms with Crippen molar-refractivity contribution in [2.75, 3.05) is 40.4 Å². The summed E-state index contributed by atoms with van der Waals surface area (Å²) in [5.74, 6) is 2.62. The minimum Gasteiger partial charge on any atom is -0.384 e. The molecule has 0 saturated carbocycles. The zero-order valence-electron chi connectivity index (χ0n) is 10.4. The van der Waals surface area contributed by atoms with Gasteiger partial charge in [0.2, 0.25) is 0 Å². The van der Waals surface area contributed by atoms with Crippen molar-refractivity contribution in [3.63, 3.8) is 0 Å². The highest BCUT2D eigenvalue weighted by molar-refractivity contribution is 7.86. The van der Waals surface area contributed by atoms with Gasteiger partial charge in [-0.25, -0.2) is 0 Å². The summed E-state index contributed by atoms with van der Waals surface area (Å²) in [7, 11) is -0.261. The molecule has 0 bridgehead atoms. The first kappa shape index (κ1) is 14.5. The molecule has 0 N–H and O–H groups in total. The zero-order chi connectivity index (χ0) is 12.9. The van der Waals surface area contributed by atoms with Gasteiger partial charge in [-0.3, -0.25) is 0 Å². The Morgan fingerprint density at radius 2 is 2.29 bits per heavy atom. The minimum absolute atomic E-state index is 0.105. The van der Waals surface area contributed by atoms with Crippen LogP contribution in [0.2, 0.25) is 0 Å². The van der Waals surface area contributed by atoms with Gasteiger partial charge in [0.15, 0.2) is 0 Å². The third-order valence-corrected chi connectivity index (χ3v) is 4.82. The van der Waals surface area contributed by atoms with Gasteiger partial charge in [-0.05, 0) is 18.8 Å². The lowest BCUT2D eigenvalue weighted by Crippen LogP contribution is -2.47. The van der Waals surface area contributed by atoms with E-state index in [9.17, 15) is 8.42 Å². The second-order valence-corrected chi connectivity index (χ2v) is 6.32. The number of piperidine rings is 1. The van der Waals surface area contributed by atoms with Crippen molar-refractivity contribution in [2.45, 2.75) is 12.8 Å². The Kier molecular flexibility index (Phi) is 5.40. The Labute approximate surface area is 104 Å². The first-order valence-electron chi connectivity index (χ1n) is 5.66. The lowest BCUT2D eigenvalue weighted by Gasteiger charge is -2.33. The van der Waals surface area contributed by atoms with Crippen LogP contribution in [0.25, 0.3) is 0 Å². The smallest absolute Gasteiger partial charge is 0.282 e. The van der Waals surface area contributed by atoms with E-state index >= 15 is 0 Å². The fourth-order valence-corrected chi connectivity index (χ4v) is 3.41. The van der Waals surface area contributed by atoms with E-state index in [1.165, 1.54) is 15.7 Å². The van der Waals surface area contributed by atoms with Gasteiger partial charge in [0.05, 0.1) is 13.2 Å². The van der Waals surface area contributed by atoms with Crippen LogP contribution in [-0.4, -0.2) is 57.4 Å². The van der Waals surface area contributed by atoms with Crippen molar-refractivity contribution in [1.82, 2.24) is 8.61 Å². The fraction of sp³-hybridized carbons (Fsp3) is 0.818. The van der Waals surface area contributed by atoms with Crippen molar-refractivity contribution in [1.29, 1.82) is 0 Å². The van der Waals surface area contributed by atoms with E-state index in [-0.39, 0.29) is 12.5 Å². The molecule has 0 aromatic carbocycles. The van der Waals surface area contributed by atoms with Crippen LogP contribution in [0.5, 0.6) is 0 Å². The molecule has 1 heterocycles. The second kappa shape index (κ2) is 6.36. The molecule has 0 spiro atoms. The average molecular weight is 260 g/mol. The monoisotopic (exact) mass is 260 g/mol. The van der Waals surface area contributed by atoms with Gasteiger partial charge in [-0.15, -0.1) is 6.42 Å². The Morgan fingerprint density at radius 1 is 1.59 bits per heavy atom. The molecule has 0 amide bonds. The lowest BCUT2D eigenvalue weighted by molar-refractivity contribution is 0.117. The number of terminal acetylenes is 1. The zero-order valence-corrected chi connectivity index (χ0v) is 11.2. The van der Waals surface area contributed by atoms with E-state index < -0.39 is 10.2 Å². The second-order valence-electron chi connectivity index (χ2n) is 4.29. The molecule has 0 aliphatic carbocycles. The highest BCUT2D eigenvalue weighted by Gasteiger charge is 2.31. The average Bonchev–Trinajstić information content (AvgIpc) is 2.30. The summed E-state index contributed by atoms with van der Waals surface area (Å²) in [5, 5.41) is 0. The van der Waals surface area contributed by atoms with E-state index in [1.54, 1.807) is 7.11 Å². The normalized spacial score (nSPS) is 22.6. The summed E-state index contributed by atoms with van der Waals surface area (Å²) in [6, 6.07) is 0. The van der Waals surface area contributed by atoms with Crippen molar-refractivity contribution < 1.29 is 13.2 Å². The van der Waals surface area contributed by atoms with E-state index in [1.807, 2.05) is 0 Å². The summed E-state index contributed by atoms with van der Waals surface area (Å²) >= 11 is 0. The van der Waals surface area contributed by atoms with Gasteiger partial charge in [-0.2, -0.15) is 17.0 Å². The Hall–Kier alpha value is -0.610. The molecule has 5 nitrogen and oxygen atoms in total. The number of hydrogen-bond acceptors (Lipinski definition) is 3. The summed E-state index contributed by atoms with van der Waals surface area (Å²) < 4.78 is 32.1. The molecule has 1 fully saturated rings. The Balaban J connectivity index is 2.68. The van der Waals surface area contributed by atoms with Crippen LogP contribution >= 0.6 is 0 Å². The van der Waals surface area contributed by atoms with Crippen molar-refractivity contribution in [3.05, 3.63) is 0 Å². The summed E-state index contributed by atoms with van der Waals surface area (Å²) in [5.41, 5.74) is 0. The van der Waals surface area contributed by atoms with Crippen LogP contribution in [0, 0.1) is 18.3 Å². The molecule has 1 atom stereocenters. The SMILES string of the molecule is C#CCN(C)S(=O)(=O)N1CCCC(COC)C1. The largest absolute Gasteiger partial charge is 0.384 e. The summed E-state index contributed by atoms with van der Waals surface area (Å²) in [6.45, 7) is 1.79. The molecule has 17 heavy (non-hydrogen) atoms. The Morgan fingerprint density at radius 3 is 2.88 bits per heavy atom. The maximum Gasteiger partial charge on any atom is 0.282 e. The third kappa shape index (κ3) is 3.68. The molecule has 6 heteroatoms. The molecule has 1 rings (SSSR count). The van der Waals surface area contributed by atoms with Gasteiger partial charge in [0.1, 0.15) is 0 Å². The Bertz CT molecular complexity index is 373. The van der Waals surface area contributed by atoms with Crippen LogP contribution < -0.4 is 0 Å². The molecule has 98 valence electrons. The van der Waals surface area contributed by atoms with Crippen LogP contribution in [0.15, 0.2) is 0 Å². The molecule has 1 saturated heterocycles. The molecule has 0 radical (unpaired) electrons. The first-order chi connectivity index (χ1) is 8.02.